The Kier molecular flexibility index (Phi) is 4.00. The number of morpholine rings is 1. The highest BCUT2D eigenvalue weighted by Gasteiger charge is 2.25. The summed E-state index contributed by atoms with van der Waals surface area (Å²) >= 11 is 1.41. The largest absolute Gasteiger partial charge is 0.374 e. The van der Waals surface area contributed by atoms with Crippen molar-refractivity contribution < 1.29 is 9.66 Å². The predicted molar refractivity (Wildman–Crippen MR) is 82.2 cm³/mol. The maximum atomic E-state index is 11.4. The van der Waals surface area contributed by atoms with Crippen molar-refractivity contribution in [2.45, 2.75) is 6.10 Å². The van der Waals surface area contributed by atoms with Crippen LogP contribution in [0.2, 0.25) is 0 Å². The summed E-state index contributed by atoms with van der Waals surface area (Å²) in [7, 11) is 1.85. The zero-order chi connectivity index (χ0) is 14.8. The summed E-state index contributed by atoms with van der Waals surface area (Å²) in [6.45, 7) is 2.89. The summed E-state index contributed by atoms with van der Waals surface area (Å²) in [5.74, 6) is 0. The number of hydrogen-bond acceptors (Lipinski definition) is 7. The lowest BCUT2D eigenvalue weighted by atomic mass is 10.2. The van der Waals surface area contributed by atoms with Gasteiger partial charge in [-0.1, -0.05) is 0 Å². The van der Waals surface area contributed by atoms with Gasteiger partial charge in [0.2, 0.25) is 0 Å². The summed E-state index contributed by atoms with van der Waals surface area (Å²) in [5.41, 5.74) is 2.74. The van der Waals surface area contributed by atoms with Gasteiger partial charge in [0.15, 0.2) is 5.52 Å². The smallest absolute Gasteiger partial charge is 0.319 e. The van der Waals surface area contributed by atoms with Gasteiger partial charge in [0.05, 0.1) is 27.8 Å². The number of anilines is 1. The number of ether oxygens (including phenoxy) is 1. The summed E-state index contributed by atoms with van der Waals surface area (Å²) in [6, 6.07) is 3.67. The molecule has 1 aliphatic rings. The van der Waals surface area contributed by atoms with Crippen molar-refractivity contribution in [2.24, 2.45) is 0 Å². The Labute approximate surface area is 125 Å². The fraction of sp³-hybridized carbons (Fsp3) is 0.462. The van der Waals surface area contributed by atoms with Crippen molar-refractivity contribution >= 4 is 32.9 Å². The van der Waals surface area contributed by atoms with Crippen molar-refractivity contribution in [1.29, 1.82) is 0 Å². The van der Waals surface area contributed by atoms with E-state index in [9.17, 15) is 10.1 Å². The maximum Gasteiger partial charge on any atom is 0.319 e. The molecule has 1 aromatic carbocycles. The van der Waals surface area contributed by atoms with E-state index in [0.717, 1.165) is 17.8 Å². The van der Waals surface area contributed by atoms with Crippen LogP contribution in [0.1, 0.15) is 0 Å². The lowest BCUT2D eigenvalue weighted by Crippen LogP contribution is -2.44. The second kappa shape index (κ2) is 5.92. The van der Waals surface area contributed by atoms with Crippen LogP contribution in [0.25, 0.3) is 10.2 Å². The van der Waals surface area contributed by atoms with Crippen molar-refractivity contribution in [3.05, 3.63) is 27.8 Å². The van der Waals surface area contributed by atoms with E-state index in [-0.39, 0.29) is 16.7 Å². The Balaban J connectivity index is 1.91. The zero-order valence-corrected chi connectivity index (χ0v) is 12.4. The lowest BCUT2D eigenvalue weighted by Gasteiger charge is -2.28. The van der Waals surface area contributed by atoms with E-state index in [4.69, 9.17) is 4.74 Å². The molecule has 0 spiro atoms. The lowest BCUT2D eigenvalue weighted by molar-refractivity contribution is -0.382. The molecule has 8 heteroatoms. The minimum Gasteiger partial charge on any atom is -0.374 e. The van der Waals surface area contributed by atoms with E-state index in [2.05, 4.69) is 10.3 Å². The van der Waals surface area contributed by atoms with Gasteiger partial charge >= 0.3 is 5.69 Å². The van der Waals surface area contributed by atoms with Crippen LogP contribution in [0.15, 0.2) is 17.6 Å². The molecule has 3 rings (SSSR count). The quantitative estimate of drug-likeness (QED) is 0.683. The highest BCUT2D eigenvalue weighted by molar-refractivity contribution is 7.16. The van der Waals surface area contributed by atoms with Gasteiger partial charge in [-0.25, -0.2) is 4.98 Å². The van der Waals surface area contributed by atoms with Gasteiger partial charge in [0, 0.05) is 26.7 Å². The molecule has 2 heterocycles. The van der Waals surface area contributed by atoms with Gasteiger partial charge in [-0.15, -0.1) is 11.3 Å². The standard InChI is InChI=1S/C13H16N4O3S/c1-16(7-9-6-14-4-5-20-9)10-2-3-11-12(15-8-21-11)13(10)17(18)19/h2-3,8-9,14H,4-7H2,1H3. The highest BCUT2D eigenvalue weighted by atomic mass is 32.1. The van der Waals surface area contributed by atoms with E-state index in [0.29, 0.717) is 24.4 Å². The molecule has 1 atom stereocenters. The average Bonchev–Trinajstić information content (AvgIpc) is 2.95. The summed E-state index contributed by atoms with van der Waals surface area (Å²) < 4.78 is 6.48. The molecule has 0 amide bonds. The first-order valence-electron chi connectivity index (χ1n) is 6.71. The molecule has 21 heavy (non-hydrogen) atoms. The number of nitro benzene ring substituents is 1. The summed E-state index contributed by atoms with van der Waals surface area (Å²) in [6.07, 6.45) is 0.0366. The van der Waals surface area contributed by atoms with Crippen molar-refractivity contribution in [3.63, 3.8) is 0 Å². The van der Waals surface area contributed by atoms with Crippen LogP contribution in [0.4, 0.5) is 11.4 Å². The van der Waals surface area contributed by atoms with Gasteiger partial charge in [-0.2, -0.15) is 0 Å². The molecular weight excluding hydrogens is 292 g/mol. The normalized spacial score (nSPS) is 18.8. The molecule has 0 saturated carbocycles. The number of nitro groups is 1. The van der Waals surface area contributed by atoms with Crippen molar-refractivity contribution in [1.82, 2.24) is 10.3 Å². The van der Waals surface area contributed by atoms with Crippen LogP contribution < -0.4 is 10.2 Å². The number of nitrogens with one attached hydrogen (secondary N) is 1. The number of hydrogen-bond donors (Lipinski definition) is 1. The maximum absolute atomic E-state index is 11.4. The van der Waals surface area contributed by atoms with E-state index in [1.165, 1.54) is 11.3 Å². The molecule has 2 aromatic rings. The highest BCUT2D eigenvalue weighted by Crippen LogP contribution is 2.36. The topological polar surface area (TPSA) is 80.5 Å². The number of likely N-dealkylation sites (N-methyl/N-ethyl adjacent to an activating group) is 1. The average molecular weight is 308 g/mol. The third-order valence-electron chi connectivity index (χ3n) is 3.53. The number of nitrogens with zero attached hydrogens (tertiary/aromatic N) is 3. The van der Waals surface area contributed by atoms with Crippen LogP contribution in [0.5, 0.6) is 0 Å². The third kappa shape index (κ3) is 2.82. The fourth-order valence-corrected chi connectivity index (χ4v) is 3.21. The Bertz CT molecular complexity index is 654. The number of rotatable bonds is 4. The van der Waals surface area contributed by atoms with Crippen LogP contribution in [0.3, 0.4) is 0 Å². The van der Waals surface area contributed by atoms with Crippen LogP contribution in [-0.4, -0.2) is 49.3 Å². The first kappa shape index (κ1) is 14.2. The van der Waals surface area contributed by atoms with Gasteiger partial charge in [0.25, 0.3) is 0 Å². The van der Waals surface area contributed by atoms with Crippen molar-refractivity contribution in [2.75, 3.05) is 38.2 Å². The molecule has 0 radical (unpaired) electrons. The SMILES string of the molecule is CN(CC1CNCCO1)c1ccc2scnc2c1[N+](=O)[O-]. The van der Waals surface area contributed by atoms with Gasteiger partial charge in [-0.05, 0) is 12.1 Å². The van der Waals surface area contributed by atoms with Crippen molar-refractivity contribution in [3.8, 4) is 0 Å². The Morgan fingerprint density at radius 3 is 3.19 bits per heavy atom. The van der Waals surface area contributed by atoms with E-state index in [1.807, 2.05) is 18.0 Å². The number of thiazole rings is 1. The minimum atomic E-state index is -0.353. The first-order chi connectivity index (χ1) is 10.2. The second-order valence-electron chi connectivity index (χ2n) is 4.97. The van der Waals surface area contributed by atoms with Crippen LogP contribution >= 0.6 is 11.3 Å². The van der Waals surface area contributed by atoms with Gasteiger partial charge in [0.1, 0.15) is 5.69 Å². The van der Waals surface area contributed by atoms with E-state index in [1.54, 1.807) is 11.6 Å². The van der Waals surface area contributed by atoms with E-state index >= 15 is 0 Å². The fourth-order valence-electron chi connectivity index (χ4n) is 2.54. The molecule has 1 N–H and O–H groups in total. The Morgan fingerprint density at radius 1 is 1.62 bits per heavy atom. The molecule has 1 aromatic heterocycles. The molecule has 7 nitrogen and oxygen atoms in total. The molecule has 1 unspecified atom stereocenters. The Morgan fingerprint density at radius 2 is 2.48 bits per heavy atom. The monoisotopic (exact) mass is 308 g/mol. The van der Waals surface area contributed by atoms with Crippen LogP contribution in [0, 0.1) is 10.1 Å². The molecule has 1 saturated heterocycles. The minimum absolute atomic E-state index is 0.0366. The molecule has 1 fully saturated rings. The molecular formula is C13H16N4O3S. The predicted octanol–water partition coefficient (Wildman–Crippen LogP) is 1.63. The number of aromatic nitrogens is 1. The zero-order valence-electron chi connectivity index (χ0n) is 11.6. The molecule has 0 bridgehead atoms. The summed E-state index contributed by atoms with van der Waals surface area (Å²) in [4.78, 5) is 17.1. The van der Waals surface area contributed by atoms with Crippen LogP contribution in [-0.2, 0) is 4.74 Å². The molecule has 1 aliphatic heterocycles. The third-order valence-corrected chi connectivity index (χ3v) is 4.32. The number of fused-ring (bicyclic) bond motifs is 1. The Hall–Kier alpha value is -1.77. The van der Waals surface area contributed by atoms with Gasteiger partial charge < -0.3 is 15.0 Å². The number of benzene rings is 1. The molecule has 0 aliphatic carbocycles. The second-order valence-corrected chi connectivity index (χ2v) is 5.85. The first-order valence-corrected chi connectivity index (χ1v) is 7.59. The van der Waals surface area contributed by atoms with Gasteiger partial charge in [-0.3, -0.25) is 10.1 Å². The summed E-state index contributed by atoms with van der Waals surface area (Å²) in [5, 5.41) is 14.7. The molecule has 112 valence electrons. The van der Waals surface area contributed by atoms with E-state index < -0.39 is 0 Å².